The molecular weight excluding hydrogens is 266 g/mol. The third kappa shape index (κ3) is 3.95. The summed E-state index contributed by atoms with van der Waals surface area (Å²) < 4.78 is 0. The Morgan fingerprint density at radius 1 is 1.38 bits per heavy atom. The maximum atomic E-state index is 10.4. The summed E-state index contributed by atoms with van der Waals surface area (Å²) in [6.45, 7) is 3.94. The van der Waals surface area contributed by atoms with E-state index in [1.807, 2.05) is 12.1 Å². The van der Waals surface area contributed by atoms with Gasteiger partial charge in [0, 0.05) is 18.2 Å². The topological polar surface area (TPSA) is 82.1 Å². The quantitative estimate of drug-likeness (QED) is 0.336. The minimum absolute atomic E-state index is 0.0816. The first-order valence-electron chi connectivity index (χ1n) is 7.65. The van der Waals surface area contributed by atoms with Gasteiger partial charge in [0.1, 0.15) is 0 Å². The van der Waals surface area contributed by atoms with Gasteiger partial charge in [-0.1, -0.05) is 42.8 Å². The van der Waals surface area contributed by atoms with Gasteiger partial charge < -0.3 is 16.0 Å². The molecule has 116 valence electrons. The van der Waals surface area contributed by atoms with Crippen molar-refractivity contribution < 1.29 is 10.3 Å². The Kier molecular flexibility index (Phi) is 5.59. The van der Waals surface area contributed by atoms with Crippen LogP contribution in [0.25, 0.3) is 0 Å². The third-order valence-electron chi connectivity index (χ3n) is 4.33. The fourth-order valence-electron chi connectivity index (χ4n) is 3.02. The van der Waals surface area contributed by atoms with Crippen molar-refractivity contribution in [2.75, 3.05) is 13.1 Å². The molecule has 0 spiro atoms. The number of rotatable bonds is 5. The highest BCUT2D eigenvalue weighted by Gasteiger charge is 2.23. The molecule has 0 amide bonds. The highest BCUT2D eigenvalue weighted by Crippen LogP contribution is 2.23. The summed E-state index contributed by atoms with van der Waals surface area (Å²) in [5, 5.41) is 22.0. The number of nitrogens with two attached hydrogens (primary N) is 1. The number of amidine groups is 1. The van der Waals surface area contributed by atoms with E-state index in [2.05, 4.69) is 17.0 Å². The number of hydrogen-bond donors (Lipinski definition) is 3. The van der Waals surface area contributed by atoms with Crippen molar-refractivity contribution in [2.24, 2.45) is 10.9 Å². The Hall–Kier alpha value is -1.59. The van der Waals surface area contributed by atoms with Gasteiger partial charge >= 0.3 is 0 Å². The smallest absolute Gasteiger partial charge is 0.170 e. The molecule has 0 aromatic heterocycles. The molecule has 1 aliphatic heterocycles. The molecule has 0 unspecified atom stereocenters. The van der Waals surface area contributed by atoms with E-state index in [0.717, 1.165) is 18.5 Å². The van der Waals surface area contributed by atoms with E-state index in [-0.39, 0.29) is 5.84 Å². The molecule has 2 rings (SSSR count). The number of oxime groups is 1. The van der Waals surface area contributed by atoms with E-state index in [1.54, 1.807) is 12.1 Å². The Morgan fingerprint density at radius 3 is 2.71 bits per heavy atom. The van der Waals surface area contributed by atoms with Crippen molar-refractivity contribution >= 4 is 5.84 Å². The average molecular weight is 291 g/mol. The molecule has 1 fully saturated rings. The van der Waals surface area contributed by atoms with E-state index in [4.69, 9.17) is 10.9 Å². The number of hydrogen-bond acceptors (Lipinski definition) is 4. The van der Waals surface area contributed by atoms with Gasteiger partial charge in [-0.05, 0) is 31.4 Å². The summed E-state index contributed by atoms with van der Waals surface area (Å²) in [5.74, 6) is 0.0816. The van der Waals surface area contributed by atoms with E-state index in [1.165, 1.54) is 19.3 Å². The minimum Gasteiger partial charge on any atom is -0.409 e. The molecule has 21 heavy (non-hydrogen) atoms. The van der Waals surface area contributed by atoms with E-state index >= 15 is 0 Å². The van der Waals surface area contributed by atoms with Crippen molar-refractivity contribution in [1.29, 1.82) is 0 Å². The molecule has 5 nitrogen and oxygen atoms in total. The van der Waals surface area contributed by atoms with Gasteiger partial charge in [-0.2, -0.15) is 0 Å². The van der Waals surface area contributed by atoms with Gasteiger partial charge in [-0.3, -0.25) is 4.90 Å². The lowest BCUT2D eigenvalue weighted by Crippen LogP contribution is -2.41. The fourth-order valence-corrected chi connectivity index (χ4v) is 3.02. The molecule has 1 aromatic carbocycles. The molecule has 5 heteroatoms. The summed E-state index contributed by atoms with van der Waals surface area (Å²) in [7, 11) is 0. The first-order valence-corrected chi connectivity index (χ1v) is 7.65. The second-order valence-electron chi connectivity index (χ2n) is 5.68. The van der Waals surface area contributed by atoms with Crippen molar-refractivity contribution in [1.82, 2.24) is 4.90 Å². The highest BCUT2D eigenvalue weighted by molar-refractivity contribution is 5.96. The number of aliphatic hydroxyl groups is 1. The van der Waals surface area contributed by atoms with Gasteiger partial charge in [0.2, 0.25) is 0 Å². The summed E-state index contributed by atoms with van der Waals surface area (Å²) in [4.78, 5) is 2.39. The zero-order valence-corrected chi connectivity index (χ0v) is 12.6. The lowest BCUT2D eigenvalue weighted by molar-refractivity contribution is 0.0656. The standard InChI is InChI=1S/C16H25N3O2/c1-2-14-5-3-4-10-19(14)11-15(20)12-6-8-13(9-7-12)16(17)18-21/h6-9,14-15,20-21H,2-5,10-11H2,1H3,(H2,17,18)/t14-,15+/m0/s1. The van der Waals surface area contributed by atoms with Crippen LogP contribution < -0.4 is 5.73 Å². The Labute approximate surface area is 126 Å². The zero-order valence-electron chi connectivity index (χ0n) is 12.6. The average Bonchev–Trinajstić information content (AvgIpc) is 2.54. The van der Waals surface area contributed by atoms with E-state index in [0.29, 0.717) is 18.2 Å². The SMILES string of the molecule is CC[C@H]1CCCCN1C[C@@H](O)c1ccc(/C(N)=N/O)cc1. The number of β-amino-alcohol motifs (C(OH)–C–C–N with tert-alkyl or cyclic N) is 1. The van der Waals surface area contributed by atoms with Crippen LogP contribution in [0.1, 0.15) is 49.8 Å². The number of aliphatic hydroxyl groups excluding tert-OH is 1. The predicted molar refractivity (Wildman–Crippen MR) is 83.4 cm³/mol. The second kappa shape index (κ2) is 7.43. The fraction of sp³-hybridized carbons (Fsp3) is 0.562. The summed E-state index contributed by atoms with van der Waals surface area (Å²) in [6.07, 6.45) is 4.37. The number of likely N-dealkylation sites (tertiary alicyclic amines) is 1. The Morgan fingerprint density at radius 2 is 2.10 bits per heavy atom. The van der Waals surface area contributed by atoms with Crippen molar-refractivity contribution in [3.8, 4) is 0 Å². The van der Waals surface area contributed by atoms with Gasteiger partial charge in [0.05, 0.1) is 6.10 Å². The lowest BCUT2D eigenvalue weighted by atomic mass is 9.98. The van der Waals surface area contributed by atoms with Crippen molar-refractivity contribution in [3.63, 3.8) is 0 Å². The zero-order chi connectivity index (χ0) is 15.2. The normalized spacial score (nSPS) is 22.2. The monoisotopic (exact) mass is 291 g/mol. The van der Waals surface area contributed by atoms with Crippen LogP contribution in [0.3, 0.4) is 0 Å². The van der Waals surface area contributed by atoms with Crippen LogP contribution in [-0.4, -0.2) is 40.2 Å². The second-order valence-corrected chi connectivity index (χ2v) is 5.68. The molecule has 1 saturated heterocycles. The highest BCUT2D eigenvalue weighted by atomic mass is 16.4. The molecule has 1 heterocycles. The van der Waals surface area contributed by atoms with Crippen molar-refractivity contribution in [3.05, 3.63) is 35.4 Å². The van der Waals surface area contributed by atoms with Crippen LogP contribution in [-0.2, 0) is 0 Å². The maximum absolute atomic E-state index is 10.4. The summed E-state index contributed by atoms with van der Waals surface area (Å²) in [5.41, 5.74) is 7.05. The van der Waals surface area contributed by atoms with Gasteiger partial charge in [-0.25, -0.2) is 0 Å². The number of benzene rings is 1. The molecule has 0 aliphatic carbocycles. The van der Waals surface area contributed by atoms with Gasteiger partial charge in [-0.15, -0.1) is 0 Å². The lowest BCUT2D eigenvalue weighted by Gasteiger charge is -2.36. The first kappa shape index (κ1) is 15.8. The Bertz CT molecular complexity index is 473. The Balaban J connectivity index is 2.00. The molecule has 0 radical (unpaired) electrons. The van der Waals surface area contributed by atoms with Crippen LogP contribution in [0.2, 0.25) is 0 Å². The molecule has 4 N–H and O–H groups in total. The number of nitrogens with zero attached hydrogens (tertiary/aromatic N) is 2. The predicted octanol–water partition coefficient (Wildman–Crippen LogP) is 2.08. The van der Waals surface area contributed by atoms with E-state index in [9.17, 15) is 5.11 Å². The minimum atomic E-state index is -0.501. The van der Waals surface area contributed by atoms with Crippen LogP contribution in [0, 0.1) is 0 Å². The van der Waals surface area contributed by atoms with Crippen LogP contribution in [0.4, 0.5) is 0 Å². The van der Waals surface area contributed by atoms with Crippen molar-refractivity contribution in [2.45, 2.75) is 44.8 Å². The third-order valence-corrected chi connectivity index (χ3v) is 4.33. The maximum Gasteiger partial charge on any atom is 0.170 e. The van der Waals surface area contributed by atoms with Crippen LogP contribution in [0.5, 0.6) is 0 Å². The van der Waals surface area contributed by atoms with Crippen LogP contribution >= 0.6 is 0 Å². The molecule has 0 bridgehead atoms. The molecule has 2 atom stereocenters. The van der Waals surface area contributed by atoms with Crippen LogP contribution in [0.15, 0.2) is 29.4 Å². The summed E-state index contributed by atoms with van der Waals surface area (Å²) in [6, 6.07) is 7.79. The van der Waals surface area contributed by atoms with Gasteiger partial charge in [0.15, 0.2) is 5.84 Å². The first-order chi connectivity index (χ1) is 10.2. The van der Waals surface area contributed by atoms with E-state index < -0.39 is 6.10 Å². The molecular formula is C16H25N3O2. The molecule has 0 saturated carbocycles. The van der Waals surface area contributed by atoms with Gasteiger partial charge in [0.25, 0.3) is 0 Å². The largest absolute Gasteiger partial charge is 0.409 e. The number of piperidine rings is 1. The molecule has 1 aromatic rings. The summed E-state index contributed by atoms with van der Waals surface area (Å²) >= 11 is 0. The molecule has 1 aliphatic rings.